The maximum atomic E-state index is 4.59. The van der Waals surface area contributed by atoms with Gasteiger partial charge in [-0.25, -0.2) is 0 Å². The van der Waals surface area contributed by atoms with Crippen molar-refractivity contribution < 1.29 is 26.0 Å². The van der Waals surface area contributed by atoms with Crippen LogP contribution in [0.15, 0.2) is 0 Å². The summed E-state index contributed by atoms with van der Waals surface area (Å²) >= 11 is 0. The topological polar surface area (TPSA) is 18.5 Å². The van der Waals surface area contributed by atoms with Gasteiger partial charge in [-0.3, -0.25) is 0 Å². The van der Waals surface area contributed by atoms with Crippen molar-refractivity contribution in [3.05, 3.63) is 6.29 Å². The summed E-state index contributed by atoms with van der Waals surface area (Å²) in [7, 11) is 3.14. The van der Waals surface area contributed by atoms with Gasteiger partial charge in [-0.15, -0.1) is 6.92 Å². The fourth-order valence-corrected chi connectivity index (χ4v) is 0.0833. The van der Waals surface area contributed by atoms with Gasteiger partial charge in [0, 0.05) is 30.7 Å². The van der Waals surface area contributed by atoms with Gasteiger partial charge in [0.15, 0.2) is 0 Å². The van der Waals surface area contributed by atoms with Crippen LogP contribution >= 0.6 is 0 Å². The van der Waals surface area contributed by atoms with Crippen molar-refractivity contribution in [1.82, 2.24) is 0 Å². The van der Waals surface area contributed by atoms with Crippen LogP contribution in [0, 0.1) is 6.29 Å². The quantitative estimate of drug-likeness (QED) is 0.425. The molecular formula is C4H9NiO2-. The van der Waals surface area contributed by atoms with Crippen LogP contribution < -0.4 is 0 Å². The second kappa shape index (κ2) is 6.41. The summed E-state index contributed by atoms with van der Waals surface area (Å²) in [6.07, 6.45) is 0.593. The van der Waals surface area contributed by atoms with Crippen molar-refractivity contribution in [3.8, 4) is 0 Å². The van der Waals surface area contributed by atoms with Gasteiger partial charge < -0.3 is 9.47 Å². The third-order valence-corrected chi connectivity index (χ3v) is 0.575. The average Bonchev–Trinajstić information content (AvgIpc) is 1.65. The van der Waals surface area contributed by atoms with Crippen molar-refractivity contribution in [1.29, 1.82) is 0 Å². The molecule has 0 N–H and O–H groups in total. The summed E-state index contributed by atoms with van der Waals surface area (Å²) in [5.41, 5.74) is 0. The number of methoxy groups -OCH3 is 2. The number of ether oxygens (including phenoxy) is 2. The summed E-state index contributed by atoms with van der Waals surface area (Å²) in [6, 6.07) is 0. The van der Waals surface area contributed by atoms with E-state index in [9.17, 15) is 0 Å². The van der Waals surface area contributed by atoms with E-state index in [-0.39, 0.29) is 16.5 Å². The fraction of sp³-hybridized carbons (Fsp3) is 0.750. The van der Waals surface area contributed by atoms with E-state index >= 15 is 0 Å². The van der Waals surface area contributed by atoms with Crippen molar-refractivity contribution in [2.24, 2.45) is 0 Å². The maximum absolute atomic E-state index is 4.59. The number of hydrogen-bond acceptors (Lipinski definition) is 2. The van der Waals surface area contributed by atoms with Crippen LogP contribution in [0.4, 0.5) is 0 Å². The van der Waals surface area contributed by atoms with Crippen LogP contribution in [-0.2, 0) is 26.0 Å². The van der Waals surface area contributed by atoms with Crippen LogP contribution in [0.1, 0.15) is 6.92 Å². The zero-order chi connectivity index (χ0) is 4.99. The Bertz CT molecular complexity index is 28.9. The van der Waals surface area contributed by atoms with E-state index in [1.54, 1.807) is 21.1 Å². The first kappa shape index (κ1) is 10.4. The molecule has 0 aliphatic rings. The molecule has 0 unspecified atom stereocenters. The Kier molecular flexibility index (Phi) is 9.53. The molecule has 0 saturated heterocycles. The van der Waals surface area contributed by atoms with Crippen molar-refractivity contribution in [2.45, 2.75) is 6.92 Å². The molecule has 2 nitrogen and oxygen atoms in total. The third-order valence-electron chi connectivity index (χ3n) is 0.575. The molecule has 48 valence electrons. The van der Waals surface area contributed by atoms with Crippen LogP contribution in [-0.4, -0.2) is 14.2 Å². The molecule has 0 aromatic heterocycles. The molecule has 0 aliphatic carbocycles. The molecule has 0 atom stereocenters. The van der Waals surface area contributed by atoms with Crippen molar-refractivity contribution in [3.63, 3.8) is 0 Å². The van der Waals surface area contributed by atoms with Crippen LogP contribution in [0.3, 0.4) is 0 Å². The van der Waals surface area contributed by atoms with Gasteiger partial charge in [0.25, 0.3) is 0 Å². The average molecular weight is 148 g/mol. The second-order valence-corrected chi connectivity index (χ2v) is 0.900. The summed E-state index contributed by atoms with van der Waals surface area (Å²) in [5, 5.41) is 0. The Balaban J connectivity index is 0. The standard InChI is InChI=1S/C4H9O2.Ni/c1-4(5-2)6-3;/h1-3H3;/q-1;. The molecule has 0 aromatic rings. The predicted molar refractivity (Wildman–Crippen MR) is 22.9 cm³/mol. The van der Waals surface area contributed by atoms with Crippen LogP contribution in [0.5, 0.6) is 0 Å². The zero-order valence-electron chi connectivity index (χ0n) is 4.63. The van der Waals surface area contributed by atoms with Gasteiger partial charge in [-0.1, -0.05) is 6.29 Å². The first-order valence-electron chi connectivity index (χ1n) is 1.72. The van der Waals surface area contributed by atoms with E-state index in [0.29, 0.717) is 6.29 Å². The van der Waals surface area contributed by atoms with Crippen LogP contribution in [0.2, 0.25) is 0 Å². The third kappa shape index (κ3) is 6.41. The van der Waals surface area contributed by atoms with Gasteiger partial charge in [-0.2, -0.15) is 0 Å². The minimum absolute atomic E-state index is 0. The summed E-state index contributed by atoms with van der Waals surface area (Å²) in [6.45, 7) is 1.75. The molecule has 0 heterocycles. The Morgan fingerprint density at radius 3 is 1.43 bits per heavy atom. The Hall–Kier alpha value is 0.414. The van der Waals surface area contributed by atoms with Crippen molar-refractivity contribution in [2.75, 3.05) is 14.2 Å². The van der Waals surface area contributed by atoms with Gasteiger partial charge >= 0.3 is 0 Å². The van der Waals surface area contributed by atoms with Gasteiger partial charge in [-0.05, 0) is 0 Å². The molecule has 0 amide bonds. The molecule has 0 spiro atoms. The minimum atomic E-state index is 0. The number of rotatable bonds is 2. The van der Waals surface area contributed by atoms with E-state index in [4.69, 9.17) is 0 Å². The molecule has 3 heteroatoms. The van der Waals surface area contributed by atoms with Gasteiger partial charge in [0.2, 0.25) is 0 Å². The predicted octanol–water partition coefficient (Wildman–Crippen LogP) is 0.786. The summed E-state index contributed by atoms with van der Waals surface area (Å²) in [4.78, 5) is 0. The van der Waals surface area contributed by atoms with Gasteiger partial charge in [0.05, 0.1) is 0 Å². The second-order valence-electron chi connectivity index (χ2n) is 0.900. The molecule has 7 heavy (non-hydrogen) atoms. The number of hydrogen-bond donors (Lipinski definition) is 0. The zero-order valence-corrected chi connectivity index (χ0v) is 5.62. The normalized spacial score (nSPS) is 8.57. The molecule has 0 radical (unpaired) electrons. The first-order valence-corrected chi connectivity index (χ1v) is 1.72. The molecule has 0 fully saturated rings. The SMILES string of the molecule is CO[C-](C)OC.[Ni]. The molecule has 0 bridgehead atoms. The van der Waals surface area contributed by atoms with Crippen LogP contribution in [0.25, 0.3) is 0 Å². The smallest absolute Gasteiger partial charge is 0.00126 e. The maximum Gasteiger partial charge on any atom is 0.00126 e. The van der Waals surface area contributed by atoms with E-state index in [0.717, 1.165) is 0 Å². The summed E-state index contributed by atoms with van der Waals surface area (Å²) < 4.78 is 9.19. The molecule has 0 aromatic carbocycles. The van der Waals surface area contributed by atoms with E-state index in [1.165, 1.54) is 0 Å². The molecule has 0 rings (SSSR count). The van der Waals surface area contributed by atoms with Gasteiger partial charge in [0.1, 0.15) is 0 Å². The molecular weight excluding hydrogens is 139 g/mol. The Labute approximate surface area is 54.1 Å². The molecule has 0 aliphatic heterocycles. The van der Waals surface area contributed by atoms with E-state index in [1.807, 2.05) is 0 Å². The largest absolute Gasteiger partial charge is 0.524 e. The molecule has 0 saturated carbocycles. The first-order chi connectivity index (χ1) is 2.81. The van der Waals surface area contributed by atoms with E-state index < -0.39 is 0 Å². The fourth-order valence-electron chi connectivity index (χ4n) is 0.0833. The Morgan fingerprint density at radius 2 is 1.43 bits per heavy atom. The minimum Gasteiger partial charge on any atom is -0.524 e. The summed E-state index contributed by atoms with van der Waals surface area (Å²) in [5.74, 6) is 0. The van der Waals surface area contributed by atoms with Crippen molar-refractivity contribution >= 4 is 0 Å². The van der Waals surface area contributed by atoms with E-state index in [2.05, 4.69) is 9.47 Å². The Morgan fingerprint density at radius 1 is 1.14 bits per heavy atom. The monoisotopic (exact) mass is 147 g/mol.